The van der Waals surface area contributed by atoms with Crippen LogP contribution in [0.2, 0.25) is 0 Å². The molecule has 3 heterocycles. The molecule has 9 heteroatoms. The van der Waals surface area contributed by atoms with Crippen molar-refractivity contribution in [3.8, 4) is 11.1 Å². The van der Waals surface area contributed by atoms with Crippen molar-refractivity contribution >= 4 is 34.4 Å². The third-order valence-corrected chi connectivity index (χ3v) is 5.07. The van der Waals surface area contributed by atoms with Gasteiger partial charge in [-0.2, -0.15) is 14.6 Å². The van der Waals surface area contributed by atoms with Crippen LogP contribution in [0.4, 0.5) is 10.3 Å². The molecular weight excluding hydrogens is 389 g/mol. The van der Waals surface area contributed by atoms with E-state index in [1.807, 2.05) is 36.6 Å². The minimum absolute atomic E-state index is 0.302. The highest BCUT2D eigenvalue weighted by molar-refractivity contribution is 7.98. The topological polar surface area (TPSA) is 83.8 Å². The normalized spacial score (nSPS) is 11.4. The third-order valence-electron chi connectivity index (χ3n) is 4.52. The van der Waals surface area contributed by atoms with Crippen LogP contribution in [0.5, 0.6) is 0 Å². The van der Waals surface area contributed by atoms with E-state index >= 15 is 0 Å². The molecule has 2 N–H and O–H groups in total. The average Bonchev–Trinajstić information content (AvgIpc) is 3.35. The predicted octanol–water partition coefficient (Wildman–Crippen LogP) is 4.14. The van der Waals surface area contributed by atoms with E-state index in [0.717, 1.165) is 22.4 Å². The summed E-state index contributed by atoms with van der Waals surface area (Å²) in [5, 5.41) is 8.31. The lowest BCUT2D eigenvalue weighted by molar-refractivity contribution is 0.628. The molecule has 0 fully saturated rings. The van der Waals surface area contributed by atoms with Crippen LogP contribution in [0, 0.1) is 5.82 Å². The highest BCUT2D eigenvalue weighted by Gasteiger charge is 2.15. The number of anilines is 1. The second kappa shape index (κ2) is 7.17. The molecule has 0 unspecified atom stereocenters. The summed E-state index contributed by atoms with van der Waals surface area (Å²) in [6.45, 7) is 0.448. The first-order valence-corrected chi connectivity index (χ1v) is 10.2. The Bertz CT molecular complexity index is 1290. The van der Waals surface area contributed by atoms with Gasteiger partial charge in [0.2, 0.25) is 5.95 Å². The third kappa shape index (κ3) is 3.29. The Morgan fingerprint density at radius 2 is 2.00 bits per heavy atom. The maximum Gasteiger partial charge on any atom is 0.228 e. The zero-order valence-corrected chi connectivity index (χ0v) is 16.2. The van der Waals surface area contributed by atoms with Gasteiger partial charge in [0.05, 0.1) is 23.8 Å². The Morgan fingerprint density at radius 3 is 2.83 bits per heavy atom. The molecule has 0 amide bonds. The summed E-state index contributed by atoms with van der Waals surface area (Å²) in [5.41, 5.74) is 3.97. The standard InChI is InChI=1S/C20H16FN7S/c1-29-20-26-18-14(12-5-4-6-13(21)9-12)10-23-28(18)19(27-20)22-11-17-24-15-7-2-3-8-16(15)25-17/h2-10H,11H2,1H3,(H,24,25)(H,22,26,27). The molecule has 0 radical (unpaired) electrons. The van der Waals surface area contributed by atoms with Crippen molar-refractivity contribution in [1.82, 2.24) is 29.5 Å². The number of aromatic amines is 1. The quantitative estimate of drug-likeness (QED) is 0.428. The van der Waals surface area contributed by atoms with Gasteiger partial charge in [-0.15, -0.1) is 0 Å². The van der Waals surface area contributed by atoms with Gasteiger partial charge < -0.3 is 10.3 Å². The average molecular weight is 405 g/mol. The van der Waals surface area contributed by atoms with Crippen molar-refractivity contribution in [2.75, 3.05) is 11.6 Å². The number of hydrogen-bond donors (Lipinski definition) is 2. The number of hydrogen-bond acceptors (Lipinski definition) is 6. The Balaban J connectivity index is 1.53. The van der Waals surface area contributed by atoms with E-state index < -0.39 is 0 Å². The lowest BCUT2D eigenvalue weighted by Gasteiger charge is -2.08. The number of H-pyrrole nitrogens is 1. The Hall–Kier alpha value is -3.46. The number of thioether (sulfide) groups is 1. The van der Waals surface area contributed by atoms with E-state index in [2.05, 4.69) is 30.4 Å². The van der Waals surface area contributed by atoms with Crippen molar-refractivity contribution in [2.24, 2.45) is 0 Å². The van der Waals surface area contributed by atoms with Gasteiger partial charge in [-0.1, -0.05) is 36.0 Å². The van der Waals surface area contributed by atoms with Gasteiger partial charge in [0.15, 0.2) is 10.8 Å². The minimum Gasteiger partial charge on any atom is -0.347 e. The van der Waals surface area contributed by atoms with Crippen molar-refractivity contribution in [3.05, 3.63) is 66.4 Å². The number of nitrogens with zero attached hydrogens (tertiary/aromatic N) is 5. The van der Waals surface area contributed by atoms with Crippen LogP contribution >= 0.6 is 11.8 Å². The molecule has 0 bridgehead atoms. The summed E-state index contributed by atoms with van der Waals surface area (Å²) in [6.07, 6.45) is 3.59. The Kier molecular flexibility index (Phi) is 4.36. The van der Waals surface area contributed by atoms with E-state index in [0.29, 0.717) is 28.9 Å². The molecule has 29 heavy (non-hydrogen) atoms. The van der Waals surface area contributed by atoms with Gasteiger partial charge in [-0.25, -0.2) is 14.4 Å². The molecule has 5 aromatic rings. The highest BCUT2D eigenvalue weighted by Crippen LogP contribution is 2.27. The molecule has 7 nitrogen and oxygen atoms in total. The molecule has 0 spiro atoms. The molecule has 144 valence electrons. The zero-order valence-electron chi connectivity index (χ0n) is 15.4. The van der Waals surface area contributed by atoms with Gasteiger partial charge in [0.1, 0.15) is 11.6 Å². The largest absolute Gasteiger partial charge is 0.347 e. The van der Waals surface area contributed by atoms with E-state index in [-0.39, 0.29) is 5.82 Å². The maximum atomic E-state index is 13.7. The predicted molar refractivity (Wildman–Crippen MR) is 111 cm³/mol. The molecule has 5 rings (SSSR count). The first kappa shape index (κ1) is 17.6. The summed E-state index contributed by atoms with van der Waals surface area (Å²) >= 11 is 1.43. The van der Waals surface area contributed by atoms with Crippen LogP contribution in [0.1, 0.15) is 5.82 Å². The van der Waals surface area contributed by atoms with Gasteiger partial charge in [-0.3, -0.25) is 0 Å². The Labute approximate surface area is 169 Å². The first-order valence-electron chi connectivity index (χ1n) is 8.94. The number of halogens is 1. The summed E-state index contributed by atoms with van der Waals surface area (Å²) in [7, 11) is 0. The lowest BCUT2D eigenvalue weighted by Crippen LogP contribution is -2.10. The molecular formula is C20H16FN7S. The monoisotopic (exact) mass is 405 g/mol. The van der Waals surface area contributed by atoms with Crippen LogP contribution in [-0.4, -0.2) is 35.8 Å². The van der Waals surface area contributed by atoms with Crippen molar-refractivity contribution in [3.63, 3.8) is 0 Å². The van der Waals surface area contributed by atoms with E-state index in [9.17, 15) is 4.39 Å². The van der Waals surface area contributed by atoms with Gasteiger partial charge in [0, 0.05) is 5.56 Å². The number of rotatable bonds is 5. The highest BCUT2D eigenvalue weighted by atomic mass is 32.2. The van der Waals surface area contributed by atoms with Crippen LogP contribution < -0.4 is 5.32 Å². The number of para-hydroxylation sites is 2. The molecule has 2 aromatic carbocycles. The first-order chi connectivity index (χ1) is 14.2. The summed E-state index contributed by atoms with van der Waals surface area (Å²) in [5.74, 6) is 1.04. The fourth-order valence-corrected chi connectivity index (χ4v) is 3.53. The van der Waals surface area contributed by atoms with E-state index in [4.69, 9.17) is 0 Å². The second-order valence-corrected chi connectivity index (χ2v) is 7.17. The van der Waals surface area contributed by atoms with Crippen LogP contribution in [0.3, 0.4) is 0 Å². The van der Waals surface area contributed by atoms with E-state index in [1.165, 1.54) is 23.9 Å². The summed E-state index contributed by atoms with van der Waals surface area (Å²) < 4.78 is 15.3. The number of fused-ring (bicyclic) bond motifs is 2. The molecule has 0 saturated carbocycles. The molecule has 0 aliphatic heterocycles. The fourth-order valence-electron chi connectivity index (χ4n) is 3.18. The van der Waals surface area contributed by atoms with Gasteiger partial charge in [0.25, 0.3) is 0 Å². The maximum absolute atomic E-state index is 13.7. The number of imidazole rings is 1. The van der Waals surface area contributed by atoms with Crippen LogP contribution in [0.25, 0.3) is 27.8 Å². The molecule has 0 aliphatic rings. The van der Waals surface area contributed by atoms with Crippen molar-refractivity contribution < 1.29 is 4.39 Å². The van der Waals surface area contributed by atoms with Crippen LogP contribution in [0.15, 0.2) is 59.9 Å². The van der Waals surface area contributed by atoms with Gasteiger partial charge >= 0.3 is 0 Å². The minimum atomic E-state index is -0.302. The van der Waals surface area contributed by atoms with Crippen LogP contribution in [-0.2, 0) is 6.54 Å². The molecule has 3 aromatic heterocycles. The SMILES string of the molecule is CSc1nc(NCc2nc3ccccc3[nH]2)n2ncc(-c3cccc(F)c3)c2n1. The number of benzene rings is 2. The number of aromatic nitrogens is 6. The zero-order chi connectivity index (χ0) is 19.8. The van der Waals surface area contributed by atoms with Crippen molar-refractivity contribution in [2.45, 2.75) is 11.7 Å². The smallest absolute Gasteiger partial charge is 0.228 e. The summed E-state index contributed by atoms with van der Waals surface area (Å²) in [4.78, 5) is 17.0. The Morgan fingerprint density at radius 1 is 1.10 bits per heavy atom. The lowest BCUT2D eigenvalue weighted by atomic mass is 10.1. The summed E-state index contributed by atoms with van der Waals surface area (Å²) in [6, 6.07) is 14.3. The molecule has 0 saturated heterocycles. The molecule has 0 aliphatic carbocycles. The number of nitrogens with one attached hydrogen (secondary N) is 2. The van der Waals surface area contributed by atoms with Gasteiger partial charge in [-0.05, 0) is 36.1 Å². The second-order valence-electron chi connectivity index (χ2n) is 6.39. The molecule has 0 atom stereocenters. The fraction of sp³-hybridized carbons (Fsp3) is 0.100. The van der Waals surface area contributed by atoms with E-state index in [1.54, 1.807) is 16.8 Å². The van der Waals surface area contributed by atoms with Crippen molar-refractivity contribution in [1.29, 1.82) is 0 Å².